The van der Waals surface area contributed by atoms with Crippen molar-refractivity contribution in [3.8, 4) is 0 Å². The molecule has 1 aromatic carbocycles. The van der Waals surface area contributed by atoms with Crippen LogP contribution < -0.4 is 17.3 Å². The number of esters is 1. The van der Waals surface area contributed by atoms with Crippen molar-refractivity contribution in [3.05, 3.63) is 53.5 Å². The molecule has 0 aliphatic heterocycles. The molecule has 0 radical (unpaired) electrons. The molecular formula is C18H24ClN5O2. The fourth-order valence-electron chi connectivity index (χ4n) is 2.76. The number of ether oxygens (including phenoxy) is 1. The number of alkyl halides is 1. The van der Waals surface area contributed by atoms with Crippen molar-refractivity contribution in [3.63, 3.8) is 0 Å². The highest BCUT2D eigenvalue weighted by molar-refractivity contribution is 6.22. The van der Waals surface area contributed by atoms with Crippen molar-refractivity contribution in [1.82, 2.24) is 5.01 Å². The fraction of sp³-hybridized carbons (Fsp3) is 0.333. The lowest BCUT2D eigenvalue weighted by molar-refractivity contribution is -0.135. The number of halogens is 1. The molecule has 0 bridgehead atoms. The first-order valence-electron chi connectivity index (χ1n) is 8.10. The Morgan fingerprint density at radius 2 is 2.19 bits per heavy atom. The Morgan fingerprint density at radius 1 is 1.46 bits per heavy atom. The molecule has 1 unspecified atom stereocenters. The third-order valence-corrected chi connectivity index (χ3v) is 4.39. The summed E-state index contributed by atoms with van der Waals surface area (Å²) in [6.07, 6.45) is 3.62. The van der Waals surface area contributed by atoms with Gasteiger partial charge in [0.05, 0.1) is 24.1 Å². The summed E-state index contributed by atoms with van der Waals surface area (Å²) in [5.41, 5.74) is 14.8. The molecular weight excluding hydrogens is 354 g/mol. The number of nitrogens with two attached hydrogens (primary N) is 3. The highest BCUT2D eigenvalue weighted by Gasteiger charge is 2.45. The zero-order valence-electron chi connectivity index (χ0n) is 14.9. The van der Waals surface area contributed by atoms with Gasteiger partial charge in [-0.3, -0.25) is 4.99 Å². The number of methoxy groups -OCH3 is 1. The average Bonchev–Trinajstić information content (AvgIpc) is 3.41. The van der Waals surface area contributed by atoms with E-state index in [-0.39, 0.29) is 17.4 Å². The third kappa shape index (κ3) is 4.77. The number of hydrogen-bond acceptors (Lipinski definition) is 7. The van der Waals surface area contributed by atoms with Gasteiger partial charge >= 0.3 is 5.97 Å². The molecule has 1 aliphatic rings. The minimum Gasteiger partial charge on any atom is -0.465 e. The van der Waals surface area contributed by atoms with Crippen LogP contribution >= 0.6 is 11.6 Å². The van der Waals surface area contributed by atoms with Crippen LogP contribution in [0, 0.1) is 11.8 Å². The van der Waals surface area contributed by atoms with Crippen molar-refractivity contribution >= 4 is 29.0 Å². The van der Waals surface area contributed by atoms with E-state index in [0.717, 1.165) is 12.0 Å². The highest BCUT2D eigenvalue weighted by atomic mass is 35.5. The molecule has 1 aliphatic carbocycles. The van der Waals surface area contributed by atoms with Crippen molar-refractivity contribution < 1.29 is 9.53 Å². The van der Waals surface area contributed by atoms with Gasteiger partial charge in [0.2, 0.25) is 0 Å². The zero-order valence-corrected chi connectivity index (χ0v) is 15.6. The molecule has 0 saturated heterocycles. The minimum absolute atomic E-state index is 0.0376. The maximum atomic E-state index is 12.1. The van der Waals surface area contributed by atoms with Crippen LogP contribution in [-0.2, 0) is 15.4 Å². The first kappa shape index (κ1) is 19.8. The Balaban J connectivity index is 2.41. The number of allylic oxidation sites excluding steroid dienone is 1. The molecule has 140 valence electrons. The van der Waals surface area contributed by atoms with E-state index in [1.165, 1.54) is 18.3 Å². The molecule has 2 rings (SSSR count). The van der Waals surface area contributed by atoms with Crippen LogP contribution in [0.5, 0.6) is 0 Å². The summed E-state index contributed by atoms with van der Waals surface area (Å²) in [7, 11) is 3.00. The van der Waals surface area contributed by atoms with E-state index in [1.807, 2.05) is 24.3 Å². The molecule has 0 spiro atoms. The summed E-state index contributed by atoms with van der Waals surface area (Å²) in [4.78, 5) is 16.8. The maximum Gasteiger partial charge on any atom is 0.341 e. The number of carbonyl (C=O) groups excluding carboxylic acids is 1. The highest BCUT2D eigenvalue weighted by Crippen LogP contribution is 2.45. The van der Waals surface area contributed by atoms with Gasteiger partial charge < -0.3 is 21.2 Å². The minimum atomic E-state index is -0.538. The molecule has 0 aromatic heterocycles. The van der Waals surface area contributed by atoms with E-state index >= 15 is 0 Å². The monoisotopic (exact) mass is 377 g/mol. The Morgan fingerprint density at radius 3 is 2.77 bits per heavy atom. The number of rotatable bonds is 7. The predicted octanol–water partition coefficient (Wildman–Crippen LogP) is 1.76. The number of hydrazine groups is 1. The SMILES string of the molecule is COC(=O)C(=CN)C(=Nc1cccc(CCl)c1)[C@@H]1CC1/C(N)=C/N(C)N. The molecule has 0 heterocycles. The smallest absolute Gasteiger partial charge is 0.341 e. The van der Waals surface area contributed by atoms with Gasteiger partial charge in [-0.25, -0.2) is 10.6 Å². The first-order chi connectivity index (χ1) is 12.4. The van der Waals surface area contributed by atoms with Crippen LogP contribution in [0.25, 0.3) is 0 Å². The molecule has 6 N–H and O–H groups in total. The van der Waals surface area contributed by atoms with Gasteiger partial charge in [-0.05, 0) is 24.1 Å². The van der Waals surface area contributed by atoms with Crippen LogP contribution in [0.2, 0.25) is 0 Å². The predicted molar refractivity (Wildman–Crippen MR) is 103 cm³/mol. The van der Waals surface area contributed by atoms with E-state index < -0.39 is 5.97 Å². The van der Waals surface area contributed by atoms with Crippen molar-refractivity contribution in [2.75, 3.05) is 14.2 Å². The van der Waals surface area contributed by atoms with E-state index in [4.69, 9.17) is 33.6 Å². The number of nitrogens with zero attached hydrogens (tertiary/aromatic N) is 2. The zero-order chi connectivity index (χ0) is 19.3. The number of benzene rings is 1. The summed E-state index contributed by atoms with van der Waals surface area (Å²) in [6, 6.07) is 7.47. The third-order valence-electron chi connectivity index (χ3n) is 4.08. The number of aliphatic imine (C=N–C) groups is 1. The molecule has 0 amide bonds. The van der Waals surface area contributed by atoms with Crippen LogP contribution in [0.4, 0.5) is 5.69 Å². The average molecular weight is 378 g/mol. The van der Waals surface area contributed by atoms with Crippen LogP contribution in [0.15, 0.2) is 52.9 Å². The molecule has 2 atom stereocenters. The Bertz CT molecular complexity index is 758. The van der Waals surface area contributed by atoms with E-state index in [9.17, 15) is 4.79 Å². The summed E-state index contributed by atoms with van der Waals surface area (Å²) in [6.45, 7) is 0. The molecule has 26 heavy (non-hydrogen) atoms. The van der Waals surface area contributed by atoms with Crippen molar-refractivity contribution in [1.29, 1.82) is 0 Å². The normalized spacial score (nSPS) is 20.7. The van der Waals surface area contributed by atoms with Gasteiger partial charge in [-0.15, -0.1) is 11.6 Å². The van der Waals surface area contributed by atoms with E-state index in [1.54, 1.807) is 13.2 Å². The van der Waals surface area contributed by atoms with Crippen LogP contribution in [0.3, 0.4) is 0 Å². The standard InChI is InChI=1S/C18H24ClN5O2/c1-24(22)10-16(21)13-7-14(13)17(15(9-20)18(25)26-2)23-12-5-3-4-11(6-12)8-19/h3-6,9-10,13-14H,7-8,20-22H2,1-2H3/b15-9?,16-10-,23-17?/t13?,14-/m1/s1. The van der Waals surface area contributed by atoms with Crippen LogP contribution in [-0.4, -0.2) is 30.8 Å². The lowest BCUT2D eigenvalue weighted by Gasteiger charge is -2.11. The summed E-state index contributed by atoms with van der Waals surface area (Å²) >= 11 is 5.89. The Kier molecular flexibility index (Phi) is 6.65. The number of hydrogen-bond donors (Lipinski definition) is 3. The molecule has 1 fully saturated rings. The van der Waals surface area contributed by atoms with Gasteiger partial charge in [0.1, 0.15) is 0 Å². The molecule has 1 aromatic rings. The first-order valence-corrected chi connectivity index (χ1v) is 8.63. The van der Waals surface area contributed by atoms with Crippen LogP contribution in [0.1, 0.15) is 12.0 Å². The lowest BCUT2D eigenvalue weighted by Crippen LogP contribution is -2.23. The summed E-state index contributed by atoms with van der Waals surface area (Å²) in [5, 5.41) is 1.39. The summed E-state index contributed by atoms with van der Waals surface area (Å²) in [5.74, 6) is 5.45. The quantitative estimate of drug-likeness (QED) is 0.166. The molecule has 1 saturated carbocycles. The molecule has 7 nitrogen and oxygen atoms in total. The summed E-state index contributed by atoms with van der Waals surface area (Å²) < 4.78 is 4.84. The van der Waals surface area contributed by atoms with Gasteiger partial charge in [-0.2, -0.15) is 0 Å². The van der Waals surface area contributed by atoms with Gasteiger partial charge in [0.25, 0.3) is 0 Å². The lowest BCUT2D eigenvalue weighted by atomic mass is 10.0. The van der Waals surface area contributed by atoms with Gasteiger partial charge in [0, 0.05) is 42.9 Å². The maximum absolute atomic E-state index is 12.1. The second kappa shape index (κ2) is 8.73. The second-order valence-electron chi connectivity index (χ2n) is 6.12. The second-order valence-corrected chi connectivity index (χ2v) is 6.38. The number of carbonyl (C=O) groups is 1. The van der Waals surface area contributed by atoms with E-state index in [2.05, 4.69) is 4.99 Å². The Labute approximate surface area is 158 Å². The van der Waals surface area contributed by atoms with Gasteiger partial charge in [-0.1, -0.05) is 12.1 Å². The van der Waals surface area contributed by atoms with E-state index in [0.29, 0.717) is 23.0 Å². The largest absolute Gasteiger partial charge is 0.465 e. The van der Waals surface area contributed by atoms with Crippen molar-refractivity contribution in [2.45, 2.75) is 12.3 Å². The fourth-order valence-corrected chi connectivity index (χ4v) is 2.92. The van der Waals surface area contributed by atoms with Gasteiger partial charge in [0.15, 0.2) is 0 Å². The van der Waals surface area contributed by atoms with Crippen molar-refractivity contribution in [2.24, 2.45) is 34.1 Å². The Hall–Kier alpha value is -2.51. The molecule has 8 heteroatoms. The topological polar surface area (TPSA) is 120 Å².